The molecule has 12 heavy (non-hydrogen) atoms. The minimum absolute atomic E-state index is 0.0344. The summed E-state index contributed by atoms with van der Waals surface area (Å²) in [5.74, 6) is -1.75. The first kappa shape index (κ1) is 11.2. The number of carbonyl (C=O) groups is 2. The molecule has 0 aromatic rings. The van der Waals surface area contributed by atoms with Gasteiger partial charge in [0.05, 0.1) is 0 Å². The van der Waals surface area contributed by atoms with E-state index in [1.807, 2.05) is 0 Å². The van der Waals surface area contributed by atoms with Crippen molar-refractivity contribution in [3.63, 3.8) is 0 Å². The Morgan fingerprint density at radius 1 is 1.67 bits per heavy atom. The van der Waals surface area contributed by atoms with E-state index in [2.05, 4.69) is 16.8 Å². The molecule has 0 spiro atoms. The monoisotopic (exact) mass is 213 g/mol. The van der Waals surface area contributed by atoms with E-state index in [0.29, 0.717) is 0 Å². The van der Waals surface area contributed by atoms with Crippen molar-refractivity contribution in [3.8, 4) is 0 Å². The summed E-state index contributed by atoms with van der Waals surface area (Å²) in [6.45, 7) is 0. The van der Waals surface area contributed by atoms with Crippen molar-refractivity contribution in [1.82, 2.24) is 5.48 Å². The zero-order valence-corrected chi connectivity index (χ0v) is 7.17. The molecule has 0 aromatic heterocycles. The quantitative estimate of drug-likeness (QED) is 0.238. The first-order valence-corrected chi connectivity index (χ1v) is 4.38. The number of hydrogen-bond donors (Lipinski definition) is 3. The van der Waals surface area contributed by atoms with E-state index in [9.17, 15) is 14.2 Å². The lowest BCUT2D eigenvalue weighted by Gasteiger charge is -2.06. The van der Waals surface area contributed by atoms with Gasteiger partial charge in [0, 0.05) is 0 Å². The van der Waals surface area contributed by atoms with Gasteiger partial charge < -0.3 is 10.00 Å². The highest BCUT2D eigenvalue weighted by molar-refractivity contribution is 8.00. The highest BCUT2D eigenvalue weighted by Gasteiger charge is 2.32. The van der Waals surface area contributed by atoms with Crippen molar-refractivity contribution < 1.29 is 28.8 Å². The van der Waals surface area contributed by atoms with E-state index >= 15 is 0 Å². The van der Waals surface area contributed by atoms with Gasteiger partial charge in [-0.3, -0.25) is 9.36 Å². The summed E-state index contributed by atoms with van der Waals surface area (Å²) in [5.41, 5.74) is 1.38. The molecule has 0 rings (SSSR count). The van der Waals surface area contributed by atoms with Gasteiger partial charge in [-0.2, -0.15) is 4.62 Å². The van der Waals surface area contributed by atoms with Crippen molar-refractivity contribution >= 4 is 36.8 Å². The molecule has 68 valence electrons. The van der Waals surface area contributed by atoms with E-state index in [-0.39, 0.29) is 6.41 Å². The molecule has 0 bridgehead atoms. The molecule has 1 unspecified atom stereocenters. The van der Waals surface area contributed by atoms with Crippen LogP contribution in [0.3, 0.4) is 0 Å². The minimum atomic E-state index is -4.57. The fraction of sp³-hybridized carbons (Fsp3) is 0. The van der Waals surface area contributed by atoms with Crippen LogP contribution in [0.5, 0.6) is 0 Å². The number of hydroxylamine groups is 1. The maximum absolute atomic E-state index is 10.7. The first-order chi connectivity index (χ1) is 5.41. The third-order valence-electron chi connectivity index (χ3n) is 0.664. The third-order valence-corrected chi connectivity index (χ3v) is 2.59. The van der Waals surface area contributed by atoms with E-state index in [1.165, 1.54) is 5.48 Å². The molecular weight excluding hydrogens is 209 g/mol. The molecule has 0 fully saturated rings. The summed E-state index contributed by atoms with van der Waals surface area (Å²) in [6, 6.07) is 0. The van der Waals surface area contributed by atoms with Gasteiger partial charge in [0.15, 0.2) is 0 Å². The number of amides is 1. The van der Waals surface area contributed by atoms with E-state index in [4.69, 9.17) is 10.00 Å². The molecule has 0 aromatic carbocycles. The Balaban J connectivity index is 4.40. The zero-order chi connectivity index (χ0) is 9.78. The second kappa shape index (κ2) is 4.27. The Morgan fingerprint density at radius 2 is 2.17 bits per heavy atom. The molecule has 9 heteroatoms. The van der Waals surface area contributed by atoms with E-state index < -0.39 is 18.2 Å². The van der Waals surface area contributed by atoms with Crippen LogP contribution in [0.25, 0.3) is 0 Å². The van der Waals surface area contributed by atoms with Gasteiger partial charge in [0.2, 0.25) is 11.0 Å². The van der Waals surface area contributed by atoms with Gasteiger partial charge in [-0.1, -0.05) is 12.2 Å². The summed E-state index contributed by atoms with van der Waals surface area (Å²) in [5, 5.41) is 8.15. The van der Waals surface area contributed by atoms with Crippen LogP contribution in [-0.2, 0) is 18.8 Å². The SMILES string of the molecule is O=CNOP(=O)(O)C(=S)C(=O)O. The zero-order valence-electron chi connectivity index (χ0n) is 5.46. The molecule has 1 amide bonds. The maximum Gasteiger partial charge on any atom is 0.398 e. The number of aliphatic carboxylic acids is 1. The lowest BCUT2D eigenvalue weighted by atomic mass is 10.8. The molecule has 0 heterocycles. The van der Waals surface area contributed by atoms with Crippen LogP contribution in [0.1, 0.15) is 0 Å². The summed E-state index contributed by atoms with van der Waals surface area (Å²) < 4.78 is 13.3. The average Bonchev–Trinajstić information content (AvgIpc) is 1.99. The summed E-state index contributed by atoms with van der Waals surface area (Å²) >= 11 is 4.03. The third kappa shape index (κ3) is 3.05. The number of carboxylic acid groups (broad SMARTS) is 1. The standard InChI is InChI=1S/C3H4NO6PS/c5-1-4-10-11(8,9)3(12)2(6)7/h1H,(H,4,5)(H,6,7)(H,8,9). The van der Waals surface area contributed by atoms with Gasteiger partial charge in [-0.25, -0.2) is 10.3 Å². The van der Waals surface area contributed by atoms with Gasteiger partial charge in [0.25, 0.3) is 0 Å². The lowest BCUT2D eigenvalue weighted by molar-refractivity contribution is -0.129. The van der Waals surface area contributed by atoms with E-state index in [1.54, 1.807) is 0 Å². The molecule has 3 N–H and O–H groups in total. The largest absolute Gasteiger partial charge is 0.477 e. The molecule has 7 nitrogen and oxygen atoms in total. The molecule has 0 aliphatic carbocycles. The Morgan fingerprint density at radius 3 is 2.50 bits per heavy atom. The van der Waals surface area contributed by atoms with Crippen LogP contribution in [-0.4, -0.2) is 27.0 Å². The number of rotatable bonds is 5. The minimum Gasteiger partial charge on any atom is -0.477 e. The first-order valence-electron chi connectivity index (χ1n) is 2.40. The van der Waals surface area contributed by atoms with Crippen LogP contribution in [0, 0.1) is 0 Å². The predicted octanol–water partition coefficient (Wildman–Crippen LogP) is -0.739. The average molecular weight is 213 g/mol. The van der Waals surface area contributed by atoms with Crippen LogP contribution >= 0.6 is 19.8 Å². The fourth-order valence-corrected chi connectivity index (χ4v) is 0.878. The number of thiocarbonyl (C=S) groups is 1. The van der Waals surface area contributed by atoms with Gasteiger partial charge in [-0.15, -0.1) is 0 Å². The highest BCUT2D eigenvalue weighted by atomic mass is 32.1. The van der Waals surface area contributed by atoms with Crippen molar-refractivity contribution in [2.75, 3.05) is 0 Å². The van der Waals surface area contributed by atoms with Crippen LogP contribution < -0.4 is 5.48 Å². The Bertz CT molecular complexity index is 264. The normalized spacial score (nSPS) is 14.4. The molecular formula is C3H4NO6PS. The maximum atomic E-state index is 10.7. The molecule has 0 saturated carbocycles. The van der Waals surface area contributed by atoms with Crippen molar-refractivity contribution in [3.05, 3.63) is 0 Å². The molecule has 0 saturated heterocycles. The predicted molar refractivity (Wildman–Crippen MR) is 40.3 cm³/mol. The topological polar surface area (TPSA) is 113 Å². The number of carbonyl (C=O) groups excluding carboxylic acids is 1. The smallest absolute Gasteiger partial charge is 0.398 e. The lowest BCUT2D eigenvalue weighted by Crippen LogP contribution is -2.17. The molecule has 0 aliphatic rings. The fourth-order valence-electron chi connectivity index (χ4n) is 0.255. The number of nitrogens with one attached hydrogen (secondary N) is 1. The number of hydrogen-bond acceptors (Lipinski definition) is 5. The van der Waals surface area contributed by atoms with Crippen molar-refractivity contribution in [2.24, 2.45) is 0 Å². The van der Waals surface area contributed by atoms with Crippen LogP contribution in [0.15, 0.2) is 0 Å². The van der Waals surface area contributed by atoms with Crippen LogP contribution in [0.4, 0.5) is 0 Å². The van der Waals surface area contributed by atoms with Crippen molar-refractivity contribution in [2.45, 2.75) is 0 Å². The summed E-state index contributed by atoms with van der Waals surface area (Å²) in [7, 11) is -4.57. The van der Waals surface area contributed by atoms with Crippen molar-refractivity contribution in [1.29, 1.82) is 0 Å². The summed E-state index contributed by atoms with van der Waals surface area (Å²) in [6.07, 6.45) is -0.0344. The Kier molecular flexibility index (Phi) is 3.98. The number of carboxylic acids is 1. The Hall–Kier alpha value is -0.820. The van der Waals surface area contributed by atoms with Gasteiger partial charge >= 0.3 is 13.6 Å². The molecule has 0 aliphatic heterocycles. The second-order valence-electron chi connectivity index (χ2n) is 1.46. The highest BCUT2D eigenvalue weighted by Crippen LogP contribution is 2.42. The molecule has 0 radical (unpaired) electrons. The van der Waals surface area contributed by atoms with Crippen LogP contribution in [0.2, 0.25) is 0 Å². The Labute approximate surface area is 71.8 Å². The van der Waals surface area contributed by atoms with Gasteiger partial charge in [0.1, 0.15) is 0 Å². The molecule has 1 atom stereocenters. The second-order valence-corrected chi connectivity index (χ2v) is 3.84. The van der Waals surface area contributed by atoms with E-state index in [0.717, 1.165) is 0 Å². The van der Waals surface area contributed by atoms with Gasteiger partial charge in [-0.05, 0) is 0 Å². The summed E-state index contributed by atoms with van der Waals surface area (Å²) in [4.78, 5) is 28.3.